The van der Waals surface area contributed by atoms with Crippen LogP contribution in [0.2, 0.25) is 0 Å². The van der Waals surface area contributed by atoms with Gasteiger partial charge in [-0.15, -0.1) is 0 Å². The van der Waals surface area contributed by atoms with Crippen LogP contribution >= 0.6 is 63.7 Å². The maximum absolute atomic E-state index is 5.44. The van der Waals surface area contributed by atoms with Gasteiger partial charge >= 0.3 is 0 Å². The lowest BCUT2D eigenvalue weighted by Gasteiger charge is -2.29. The molecule has 0 unspecified atom stereocenters. The van der Waals surface area contributed by atoms with Crippen molar-refractivity contribution in [3.8, 4) is 0 Å². The normalized spacial score (nSPS) is 14.0. The summed E-state index contributed by atoms with van der Waals surface area (Å²) in [5, 5.41) is 0. The zero-order valence-corrected chi connectivity index (χ0v) is 11.1. The Morgan fingerprint density at radius 2 is 1.56 bits per heavy atom. The molecule has 0 aliphatic carbocycles. The van der Waals surface area contributed by atoms with Gasteiger partial charge in [-0.3, -0.25) is 0 Å². The third kappa shape index (κ3) is 3.18. The first kappa shape index (κ1) is 10.9. The third-order valence-corrected chi connectivity index (χ3v) is 6.61. The molecular weight excluding hydrogens is 382 g/mol. The third-order valence-electron chi connectivity index (χ3n) is 0.899. The van der Waals surface area contributed by atoms with Crippen molar-refractivity contribution in [1.82, 2.24) is 0 Å². The molecule has 0 atom stereocenters. The van der Waals surface area contributed by atoms with Gasteiger partial charge in [0.15, 0.2) is 0 Å². The molecule has 0 aromatic carbocycles. The highest BCUT2D eigenvalue weighted by Gasteiger charge is 2.39. The van der Waals surface area contributed by atoms with E-state index in [9.17, 15) is 0 Å². The summed E-state index contributed by atoms with van der Waals surface area (Å²) in [6.45, 7) is 2.46. The molecule has 0 aromatic heterocycles. The van der Waals surface area contributed by atoms with Gasteiger partial charge in [-0.25, -0.2) is 0 Å². The highest BCUT2D eigenvalue weighted by atomic mass is 79.9. The van der Waals surface area contributed by atoms with Gasteiger partial charge < -0.3 is 5.73 Å². The van der Waals surface area contributed by atoms with E-state index in [0.29, 0.717) is 6.54 Å². The standard InChI is InChI=1S/C4H7Br4N/c1-3(5,6)4(7,8)2-9/h2,9H2,1H3. The summed E-state index contributed by atoms with van der Waals surface area (Å²) in [4.78, 5) is 0. The summed E-state index contributed by atoms with van der Waals surface area (Å²) in [6.07, 6.45) is 0. The lowest BCUT2D eigenvalue weighted by atomic mass is 10.3. The predicted octanol–water partition coefficient (Wildman–Crippen LogP) is 2.94. The van der Waals surface area contributed by atoms with E-state index in [1.165, 1.54) is 0 Å². The fourth-order valence-corrected chi connectivity index (χ4v) is 0.503. The lowest BCUT2D eigenvalue weighted by Crippen LogP contribution is -2.38. The van der Waals surface area contributed by atoms with Gasteiger partial charge in [0.05, 0.1) is 0 Å². The van der Waals surface area contributed by atoms with E-state index in [0.717, 1.165) is 0 Å². The van der Waals surface area contributed by atoms with Gasteiger partial charge in [0.25, 0.3) is 0 Å². The minimum absolute atomic E-state index is 0.220. The van der Waals surface area contributed by atoms with Gasteiger partial charge in [-0.05, 0) is 6.92 Å². The molecule has 0 spiro atoms. The summed E-state index contributed by atoms with van der Waals surface area (Å²) >= 11 is 13.6. The zero-order valence-electron chi connectivity index (χ0n) is 4.80. The van der Waals surface area contributed by atoms with Crippen LogP contribution in [0.4, 0.5) is 0 Å². The average molecular weight is 389 g/mol. The van der Waals surface area contributed by atoms with E-state index in [4.69, 9.17) is 5.73 Å². The highest BCUT2D eigenvalue weighted by molar-refractivity contribution is 9.30. The summed E-state index contributed by atoms with van der Waals surface area (Å²) < 4.78 is -0.505. The van der Waals surface area contributed by atoms with E-state index in [1.807, 2.05) is 6.92 Å². The molecule has 0 aliphatic rings. The van der Waals surface area contributed by atoms with Crippen LogP contribution in [0.15, 0.2) is 0 Å². The van der Waals surface area contributed by atoms with Crippen LogP contribution in [0, 0.1) is 0 Å². The summed E-state index contributed by atoms with van der Waals surface area (Å²) in [5.74, 6) is 0. The van der Waals surface area contributed by atoms with Crippen LogP contribution in [-0.2, 0) is 0 Å². The first-order valence-corrected chi connectivity index (χ1v) is 5.44. The number of alkyl halides is 4. The van der Waals surface area contributed by atoms with Crippen molar-refractivity contribution in [1.29, 1.82) is 0 Å². The highest BCUT2D eigenvalue weighted by Crippen LogP contribution is 2.46. The molecule has 0 radical (unpaired) electrons. The molecule has 2 N–H and O–H groups in total. The fourth-order valence-electron chi connectivity index (χ4n) is 0.179. The van der Waals surface area contributed by atoms with Crippen LogP contribution in [0.1, 0.15) is 6.92 Å². The topological polar surface area (TPSA) is 26.0 Å². The maximum atomic E-state index is 5.44. The van der Waals surface area contributed by atoms with Crippen LogP contribution in [-0.4, -0.2) is 13.0 Å². The minimum Gasteiger partial charge on any atom is -0.328 e. The SMILES string of the molecule is CC(Br)(Br)C(Br)(Br)CN. The van der Waals surface area contributed by atoms with Crippen molar-refractivity contribution in [2.75, 3.05) is 6.54 Å². The van der Waals surface area contributed by atoms with Gasteiger partial charge in [-0.1, -0.05) is 63.7 Å². The van der Waals surface area contributed by atoms with E-state index < -0.39 is 0 Å². The summed E-state index contributed by atoms with van der Waals surface area (Å²) in [7, 11) is 0. The second-order valence-electron chi connectivity index (χ2n) is 1.80. The van der Waals surface area contributed by atoms with E-state index in [2.05, 4.69) is 63.7 Å². The monoisotopic (exact) mass is 385 g/mol. The Morgan fingerprint density at radius 3 is 1.56 bits per heavy atom. The molecule has 5 heteroatoms. The van der Waals surface area contributed by atoms with Gasteiger partial charge in [0.2, 0.25) is 0 Å². The molecule has 0 saturated heterocycles. The first-order valence-electron chi connectivity index (χ1n) is 2.27. The molecular formula is C4H7Br4N. The quantitative estimate of drug-likeness (QED) is 0.723. The number of rotatable bonds is 2. The molecule has 0 bridgehead atoms. The Labute approximate surface area is 88.6 Å². The molecule has 0 heterocycles. The predicted molar refractivity (Wildman–Crippen MR) is 55.9 cm³/mol. The zero-order chi connectivity index (χ0) is 7.71. The lowest BCUT2D eigenvalue weighted by molar-refractivity contribution is 0.796. The number of hydrogen-bond donors (Lipinski definition) is 1. The van der Waals surface area contributed by atoms with Crippen molar-refractivity contribution in [3.05, 3.63) is 0 Å². The smallest absolute Gasteiger partial charge is 0.117 e. The minimum atomic E-state index is -0.285. The molecule has 56 valence electrons. The number of hydrogen-bond acceptors (Lipinski definition) is 1. The Morgan fingerprint density at radius 1 is 1.22 bits per heavy atom. The molecule has 0 rings (SSSR count). The van der Waals surface area contributed by atoms with E-state index in [1.54, 1.807) is 0 Å². The molecule has 1 nitrogen and oxygen atoms in total. The van der Waals surface area contributed by atoms with Crippen molar-refractivity contribution < 1.29 is 0 Å². The fraction of sp³-hybridized carbons (Fsp3) is 1.00. The van der Waals surface area contributed by atoms with Gasteiger partial charge in [0.1, 0.15) is 6.47 Å². The molecule has 0 amide bonds. The molecule has 0 fully saturated rings. The van der Waals surface area contributed by atoms with E-state index >= 15 is 0 Å². The Hall–Kier alpha value is 1.88. The summed E-state index contributed by atoms with van der Waals surface area (Å²) in [5.41, 5.74) is 5.44. The van der Waals surface area contributed by atoms with Crippen LogP contribution in [0.3, 0.4) is 0 Å². The number of halogens is 4. The second kappa shape index (κ2) is 3.52. The van der Waals surface area contributed by atoms with Gasteiger partial charge in [-0.2, -0.15) is 0 Å². The van der Waals surface area contributed by atoms with Crippen molar-refractivity contribution >= 4 is 63.7 Å². The Balaban J connectivity index is 4.14. The first-order chi connectivity index (χ1) is 3.81. The molecule has 9 heavy (non-hydrogen) atoms. The summed E-state index contributed by atoms with van der Waals surface area (Å²) in [6, 6.07) is 0. The second-order valence-corrected chi connectivity index (χ2v) is 9.80. The van der Waals surface area contributed by atoms with Crippen LogP contribution in [0.5, 0.6) is 0 Å². The van der Waals surface area contributed by atoms with Crippen molar-refractivity contribution in [3.63, 3.8) is 0 Å². The molecule has 0 saturated carbocycles. The Kier molecular flexibility index (Phi) is 4.25. The van der Waals surface area contributed by atoms with E-state index in [-0.39, 0.29) is 6.47 Å². The Bertz CT molecular complexity index is 95.2. The maximum Gasteiger partial charge on any atom is 0.117 e. The molecule has 0 aliphatic heterocycles. The molecule has 0 aromatic rings. The van der Waals surface area contributed by atoms with Crippen LogP contribution in [0.25, 0.3) is 0 Å². The number of nitrogens with two attached hydrogens (primary N) is 1. The van der Waals surface area contributed by atoms with Gasteiger partial charge in [0, 0.05) is 6.54 Å². The average Bonchev–Trinajstić information content (AvgIpc) is 1.64. The largest absolute Gasteiger partial charge is 0.328 e. The van der Waals surface area contributed by atoms with Crippen molar-refractivity contribution in [2.24, 2.45) is 5.73 Å². The van der Waals surface area contributed by atoms with Crippen molar-refractivity contribution in [2.45, 2.75) is 13.4 Å². The van der Waals surface area contributed by atoms with Crippen LogP contribution < -0.4 is 5.73 Å².